The number of aliphatic hydroxyl groups is 1. The Morgan fingerprint density at radius 1 is 1.44 bits per heavy atom. The number of benzene rings is 1. The number of hydrogen-bond donors (Lipinski definition) is 2. The van der Waals surface area contributed by atoms with Crippen LogP contribution in [-0.4, -0.2) is 37.0 Å². The highest BCUT2D eigenvalue weighted by atomic mass is 32.2. The minimum absolute atomic E-state index is 0.0166. The van der Waals surface area contributed by atoms with Crippen LogP contribution in [0.5, 0.6) is 0 Å². The summed E-state index contributed by atoms with van der Waals surface area (Å²) in [4.78, 5) is -0.0800. The number of anilines is 1. The summed E-state index contributed by atoms with van der Waals surface area (Å²) >= 11 is 0. The average molecular weight is 276 g/mol. The van der Waals surface area contributed by atoms with Gasteiger partial charge in [-0.1, -0.05) is 0 Å². The molecule has 3 N–H and O–H groups in total. The first-order valence-electron chi connectivity index (χ1n) is 5.48. The van der Waals surface area contributed by atoms with E-state index in [1.807, 2.05) is 0 Å². The van der Waals surface area contributed by atoms with Gasteiger partial charge in [-0.3, -0.25) is 0 Å². The molecule has 0 bridgehead atoms. The Morgan fingerprint density at radius 2 is 2.06 bits per heavy atom. The summed E-state index contributed by atoms with van der Waals surface area (Å²) in [6.45, 7) is 3.09. The van der Waals surface area contributed by atoms with Gasteiger partial charge >= 0.3 is 0 Å². The van der Waals surface area contributed by atoms with Crippen molar-refractivity contribution in [2.75, 3.05) is 18.9 Å². The molecule has 0 aliphatic carbocycles. The lowest BCUT2D eigenvalue weighted by Crippen LogP contribution is -2.38. The van der Waals surface area contributed by atoms with Gasteiger partial charge in [-0.25, -0.2) is 12.8 Å². The lowest BCUT2D eigenvalue weighted by molar-refractivity contribution is 0.236. The summed E-state index contributed by atoms with van der Waals surface area (Å²) in [5.41, 5.74) is 5.14. The Bertz CT molecular complexity index is 517. The van der Waals surface area contributed by atoms with Gasteiger partial charge in [0.25, 0.3) is 0 Å². The molecule has 0 amide bonds. The van der Waals surface area contributed by atoms with Crippen LogP contribution in [0.2, 0.25) is 0 Å². The molecule has 18 heavy (non-hydrogen) atoms. The van der Waals surface area contributed by atoms with Gasteiger partial charge in [0, 0.05) is 12.6 Å². The third kappa shape index (κ3) is 2.98. The maximum absolute atomic E-state index is 13.0. The van der Waals surface area contributed by atoms with Gasteiger partial charge < -0.3 is 10.8 Å². The minimum atomic E-state index is -3.78. The molecule has 1 rings (SSSR count). The van der Waals surface area contributed by atoms with E-state index in [0.717, 1.165) is 22.5 Å². The van der Waals surface area contributed by atoms with E-state index in [1.165, 1.54) is 0 Å². The Labute approximate surface area is 106 Å². The molecule has 0 unspecified atom stereocenters. The zero-order chi connectivity index (χ0) is 13.9. The van der Waals surface area contributed by atoms with Crippen LogP contribution in [0.4, 0.5) is 10.1 Å². The van der Waals surface area contributed by atoms with Crippen molar-refractivity contribution in [3.05, 3.63) is 24.0 Å². The number of rotatable bonds is 5. The van der Waals surface area contributed by atoms with Crippen molar-refractivity contribution in [2.45, 2.75) is 24.8 Å². The van der Waals surface area contributed by atoms with Crippen molar-refractivity contribution >= 4 is 15.7 Å². The van der Waals surface area contributed by atoms with Crippen molar-refractivity contribution in [1.82, 2.24) is 4.31 Å². The third-order valence-electron chi connectivity index (χ3n) is 2.47. The second kappa shape index (κ2) is 5.64. The second-order valence-corrected chi connectivity index (χ2v) is 6.01. The largest absolute Gasteiger partial charge is 0.396 e. The Kier molecular flexibility index (Phi) is 4.66. The first kappa shape index (κ1) is 14.9. The first-order valence-corrected chi connectivity index (χ1v) is 6.92. The van der Waals surface area contributed by atoms with Crippen molar-refractivity contribution in [1.29, 1.82) is 0 Å². The van der Waals surface area contributed by atoms with Crippen LogP contribution in [-0.2, 0) is 10.0 Å². The van der Waals surface area contributed by atoms with Gasteiger partial charge in [0.2, 0.25) is 10.0 Å². The van der Waals surface area contributed by atoms with Gasteiger partial charge in [0.15, 0.2) is 0 Å². The first-order chi connectivity index (χ1) is 8.30. The molecule has 7 heteroatoms. The van der Waals surface area contributed by atoms with Crippen molar-refractivity contribution in [3.8, 4) is 0 Å². The monoisotopic (exact) mass is 276 g/mol. The predicted octanol–water partition coefficient (Wildman–Crippen LogP) is 0.799. The fourth-order valence-electron chi connectivity index (χ4n) is 1.57. The standard InChI is InChI=1S/C11H17FN2O3S/c1-8(2)14(5-6-15)18(16,17)9-3-4-10(12)11(13)7-9/h3-4,7-8,15H,5-6,13H2,1-2H3. The van der Waals surface area contributed by atoms with Crippen molar-refractivity contribution in [3.63, 3.8) is 0 Å². The number of sulfonamides is 1. The summed E-state index contributed by atoms with van der Waals surface area (Å²) in [5, 5.41) is 8.90. The van der Waals surface area contributed by atoms with E-state index in [9.17, 15) is 12.8 Å². The third-order valence-corrected chi connectivity index (χ3v) is 4.54. The van der Waals surface area contributed by atoms with E-state index in [2.05, 4.69) is 0 Å². The van der Waals surface area contributed by atoms with Gasteiger partial charge in [-0.15, -0.1) is 0 Å². The highest BCUT2D eigenvalue weighted by Crippen LogP contribution is 2.21. The summed E-state index contributed by atoms with van der Waals surface area (Å²) in [5.74, 6) is -0.660. The van der Waals surface area contributed by atoms with Gasteiger partial charge in [-0.2, -0.15) is 4.31 Å². The number of nitrogens with two attached hydrogens (primary N) is 1. The predicted molar refractivity (Wildman–Crippen MR) is 66.9 cm³/mol. The van der Waals surface area contributed by atoms with Crippen LogP contribution in [0.1, 0.15) is 13.8 Å². The molecular weight excluding hydrogens is 259 g/mol. The maximum Gasteiger partial charge on any atom is 0.243 e. The van der Waals surface area contributed by atoms with E-state index in [-0.39, 0.29) is 29.8 Å². The van der Waals surface area contributed by atoms with Crippen LogP contribution < -0.4 is 5.73 Å². The molecule has 0 fully saturated rings. The van der Waals surface area contributed by atoms with E-state index in [0.29, 0.717) is 0 Å². The molecule has 1 aromatic carbocycles. The average Bonchev–Trinajstić information content (AvgIpc) is 2.28. The number of hydrogen-bond acceptors (Lipinski definition) is 4. The van der Waals surface area contributed by atoms with Crippen LogP contribution in [0.25, 0.3) is 0 Å². The number of halogens is 1. The molecule has 5 nitrogen and oxygen atoms in total. The lowest BCUT2D eigenvalue weighted by atomic mass is 10.3. The van der Waals surface area contributed by atoms with Crippen LogP contribution in [0.15, 0.2) is 23.1 Å². The quantitative estimate of drug-likeness (QED) is 0.779. The smallest absolute Gasteiger partial charge is 0.243 e. The number of aliphatic hydroxyl groups excluding tert-OH is 1. The van der Waals surface area contributed by atoms with Crippen molar-refractivity contribution in [2.24, 2.45) is 0 Å². The van der Waals surface area contributed by atoms with Crippen LogP contribution in [0.3, 0.4) is 0 Å². The Morgan fingerprint density at radius 3 is 2.50 bits per heavy atom. The number of nitrogens with zero attached hydrogens (tertiary/aromatic N) is 1. The fraction of sp³-hybridized carbons (Fsp3) is 0.455. The normalized spacial score (nSPS) is 12.3. The summed E-state index contributed by atoms with van der Waals surface area (Å²) in [6.07, 6.45) is 0. The van der Waals surface area contributed by atoms with E-state index in [4.69, 9.17) is 10.8 Å². The fourth-order valence-corrected chi connectivity index (χ4v) is 3.24. The van der Waals surface area contributed by atoms with E-state index in [1.54, 1.807) is 13.8 Å². The molecular formula is C11H17FN2O3S. The Hall–Kier alpha value is -1.18. The van der Waals surface area contributed by atoms with Crippen molar-refractivity contribution < 1.29 is 17.9 Å². The Balaban J connectivity index is 3.22. The summed E-state index contributed by atoms with van der Waals surface area (Å²) in [6, 6.07) is 2.94. The molecule has 0 saturated carbocycles. The summed E-state index contributed by atoms with van der Waals surface area (Å²) in [7, 11) is -3.78. The second-order valence-electron chi connectivity index (χ2n) is 4.12. The molecule has 1 aromatic rings. The molecule has 0 atom stereocenters. The van der Waals surface area contributed by atoms with Gasteiger partial charge in [-0.05, 0) is 32.0 Å². The molecule has 0 saturated heterocycles. The zero-order valence-electron chi connectivity index (χ0n) is 10.3. The summed E-state index contributed by atoms with van der Waals surface area (Å²) < 4.78 is 38.7. The topological polar surface area (TPSA) is 83.6 Å². The highest BCUT2D eigenvalue weighted by Gasteiger charge is 2.26. The zero-order valence-corrected chi connectivity index (χ0v) is 11.1. The van der Waals surface area contributed by atoms with Gasteiger partial charge in [0.1, 0.15) is 5.82 Å². The molecule has 0 radical (unpaired) electrons. The maximum atomic E-state index is 13.0. The molecule has 0 aromatic heterocycles. The SMILES string of the molecule is CC(C)N(CCO)S(=O)(=O)c1ccc(F)c(N)c1. The van der Waals surface area contributed by atoms with E-state index >= 15 is 0 Å². The van der Waals surface area contributed by atoms with Gasteiger partial charge in [0.05, 0.1) is 17.2 Å². The molecule has 0 spiro atoms. The minimum Gasteiger partial charge on any atom is -0.396 e. The van der Waals surface area contributed by atoms with Crippen LogP contribution in [0, 0.1) is 5.82 Å². The molecule has 0 heterocycles. The molecule has 0 aliphatic rings. The highest BCUT2D eigenvalue weighted by molar-refractivity contribution is 7.89. The number of nitrogen functional groups attached to an aromatic ring is 1. The van der Waals surface area contributed by atoms with Crippen LogP contribution >= 0.6 is 0 Å². The molecule has 102 valence electrons. The molecule has 0 aliphatic heterocycles. The van der Waals surface area contributed by atoms with E-state index < -0.39 is 15.8 Å². The lowest BCUT2D eigenvalue weighted by Gasteiger charge is -2.25.